The van der Waals surface area contributed by atoms with Gasteiger partial charge < -0.3 is 10.1 Å². The highest BCUT2D eigenvalue weighted by molar-refractivity contribution is 7.92. The Morgan fingerprint density at radius 2 is 1.67 bits per heavy atom. The van der Waals surface area contributed by atoms with Crippen LogP contribution in [0.1, 0.15) is 32.8 Å². The summed E-state index contributed by atoms with van der Waals surface area (Å²) in [6.45, 7) is 5.16. The fourth-order valence-electron chi connectivity index (χ4n) is 2.47. The van der Waals surface area contributed by atoms with Crippen molar-refractivity contribution in [2.45, 2.75) is 49.5 Å². The number of alkyl carbamates (subject to hydrolysis) is 1. The van der Waals surface area contributed by atoms with E-state index in [1.807, 2.05) is 30.3 Å². The summed E-state index contributed by atoms with van der Waals surface area (Å²) in [7, 11) is -3.81. The third kappa shape index (κ3) is 6.56. The Kier molecular flexibility index (Phi) is 6.89. The Balaban J connectivity index is 2.24. The predicted molar refractivity (Wildman–Crippen MR) is 107 cm³/mol. The van der Waals surface area contributed by atoms with Gasteiger partial charge in [-0.15, -0.1) is 0 Å². The second-order valence-corrected chi connectivity index (χ2v) is 9.72. The van der Waals surface area contributed by atoms with E-state index < -0.39 is 26.9 Å². The predicted octanol–water partition coefficient (Wildman–Crippen LogP) is 4.60. The zero-order chi connectivity index (χ0) is 20.1. The van der Waals surface area contributed by atoms with Crippen LogP contribution in [0.2, 0.25) is 5.02 Å². The van der Waals surface area contributed by atoms with Crippen molar-refractivity contribution in [3.05, 3.63) is 65.2 Å². The lowest BCUT2D eigenvalue weighted by Gasteiger charge is -2.24. The number of benzene rings is 2. The maximum absolute atomic E-state index is 13.1. The van der Waals surface area contributed by atoms with Crippen molar-refractivity contribution in [3.63, 3.8) is 0 Å². The van der Waals surface area contributed by atoms with E-state index in [1.54, 1.807) is 20.8 Å². The molecule has 0 aliphatic rings. The highest BCUT2D eigenvalue weighted by Crippen LogP contribution is 2.21. The first-order valence-electron chi connectivity index (χ1n) is 8.61. The van der Waals surface area contributed by atoms with Crippen LogP contribution in [-0.2, 0) is 21.0 Å². The summed E-state index contributed by atoms with van der Waals surface area (Å²) in [5.41, 5.74) is 0.262. The molecule has 1 N–H and O–H groups in total. The van der Waals surface area contributed by atoms with Gasteiger partial charge in [0, 0.05) is 5.02 Å². The number of rotatable bonds is 6. The van der Waals surface area contributed by atoms with Gasteiger partial charge in [0.05, 0.1) is 4.90 Å². The zero-order valence-corrected chi connectivity index (χ0v) is 17.2. The average molecular weight is 410 g/mol. The number of sulfone groups is 1. The molecule has 5 nitrogen and oxygen atoms in total. The molecule has 2 aromatic rings. The van der Waals surface area contributed by atoms with Gasteiger partial charge in [-0.2, -0.15) is 0 Å². The molecule has 0 saturated carbocycles. The first-order chi connectivity index (χ1) is 12.6. The van der Waals surface area contributed by atoms with Crippen LogP contribution in [0.15, 0.2) is 59.5 Å². The van der Waals surface area contributed by atoms with Gasteiger partial charge in [-0.1, -0.05) is 41.9 Å². The first kappa shape index (κ1) is 21.3. The van der Waals surface area contributed by atoms with E-state index in [9.17, 15) is 13.2 Å². The topological polar surface area (TPSA) is 72.5 Å². The van der Waals surface area contributed by atoms with Crippen molar-refractivity contribution in [2.75, 3.05) is 0 Å². The quantitative estimate of drug-likeness (QED) is 0.756. The number of aryl methyl sites for hydroxylation is 1. The van der Waals surface area contributed by atoms with Crippen molar-refractivity contribution in [1.29, 1.82) is 0 Å². The highest BCUT2D eigenvalue weighted by atomic mass is 35.5. The molecule has 0 aromatic heterocycles. The number of hydrogen-bond acceptors (Lipinski definition) is 4. The summed E-state index contributed by atoms with van der Waals surface area (Å²) in [4.78, 5) is 12.3. The molecule has 2 rings (SSSR count). The van der Waals surface area contributed by atoms with Gasteiger partial charge in [0.2, 0.25) is 0 Å². The minimum absolute atomic E-state index is 0.0982. The smallest absolute Gasteiger partial charge is 0.408 e. The lowest BCUT2D eigenvalue weighted by molar-refractivity contribution is 0.0518. The van der Waals surface area contributed by atoms with E-state index in [-0.39, 0.29) is 11.3 Å². The van der Waals surface area contributed by atoms with E-state index in [0.717, 1.165) is 5.56 Å². The summed E-state index contributed by atoms with van der Waals surface area (Å²) < 4.78 is 31.3. The molecule has 0 aliphatic carbocycles. The van der Waals surface area contributed by atoms with Crippen molar-refractivity contribution in [1.82, 2.24) is 5.32 Å². The van der Waals surface area contributed by atoms with Gasteiger partial charge in [-0.3, -0.25) is 0 Å². The highest BCUT2D eigenvalue weighted by Gasteiger charge is 2.30. The number of ether oxygens (including phenoxy) is 1. The molecule has 0 aliphatic heterocycles. The molecule has 27 heavy (non-hydrogen) atoms. The Morgan fingerprint density at radius 1 is 1.07 bits per heavy atom. The van der Waals surface area contributed by atoms with Crippen molar-refractivity contribution in [3.8, 4) is 0 Å². The van der Waals surface area contributed by atoms with Gasteiger partial charge in [-0.05, 0) is 63.4 Å². The second kappa shape index (κ2) is 8.76. The van der Waals surface area contributed by atoms with Crippen molar-refractivity contribution >= 4 is 27.5 Å². The number of carbonyl (C=O) groups excluding carboxylic acids is 1. The van der Waals surface area contributed by atoms with E-state index in [4.69, 9.17) is 16.3 Å². The Morgan fingerprint density at radius 3 is 2.22 bits per heavy atom. The maximum Gasteiger partial charge on any atom is 0.408 e. The van der Waals surface area contributed by atoms with Crippen LogP contribution in [0, 0.1) is 0 Å². The van der Waals surface area contributed by atoms with Gasteiger partial charge in [0.1, 0.15) is 11.0 Å². The lowest BCUT2D eigenvalue weighted by atomic mass is 10.1. The number of amides is 1. The Hall–Kier alpha value is -2.05. The van der Waals surface area contributed by atoms with Crippen molar-refractivity contribution < 1.29 is 17.9 Å². The summed E-state index contributed by atoms with van der Waals surface area (Å²) >= 11 is 5.85. The molecule has 0 radical (unpaired) electrons. The summed E-state index contributed by atoms with van der Waals surface area (Å²) in [5, 5.41) is 1.84. The van der Waals surface area contributed by atoms with Crippen LogP contribution in [-0.4, -0.2) is 25.5 Å². The molecule has 0 spiro atoms. The van der Waals surface area contributed by atoms with Crippen LogP contribution >= 0.6 is 11.6 Å². The molecular formula is C20H24ClNO4S. The maximum atomic E-state index is 13.1. The molecule has 0 saturated heterocycles. The number of hydrogen-bond donors (Lipinski definition) is 1. The SMILES string of the molecule is CC(C)(C)OC(=O)NC(CCc1ccccc1)S(=O)(=O)c1ccc(Cl)cc1. The van der Waals surface area contributed by atoms with E-state index >= 15 is 0 Å². The van der Waals surface area contributed by atoms with Gasteiger partial charge in [-0.25, -0.2) is 13.2 Å². The van der Waals surface area contributed by atoms with E-state index in [2.05, 4.69) is 5.32 Å². The molecule has 1 atom stereocenters. The number of nitrogens with one attached hydrogen (secondary N) is 1. The third-order valence-corrected chi connectivity index (χ3v) is 6.02. The normalized spacial score (nSPS) is 13.0. The monoisotopic (exact) mass is 409 g/mol. The standard InChI is InChI=1S/C20H24ClNO4S/c1-20(2,3)26-19(23)22-18(14-9-15-7-5-4-6-8-15)27(24,25)17-12-10-16(21)11-13-17/h4-8,10-13,18H,9,14H2,1-3H3,(H,22,23). The Bertz CT molecular complexity index is 859. The summed E-state index contributed by atoms with van der Waals surface area (Å²) in [6, 6.07) is 15.4. The van der Waals surface area contributed by atoms with Crippen LogP contribution in [0.5, 0.6) is 0 Å². The molecule has 1 amide bonds. The summed E-state index contributed by atoms with van der Waals surface area (Å²) in [6.07, 6.45) is -0.0550. The second-order valence-electron chi connectivity index (χ2n) is 7.16. The first-order valence-corrected chi connectivity index (χ1v) is 10.5. The fraction of sp³-hybridized carbons (Fsp3) is 0.350. The van der Waals surface area contributed by atoms with Gasteiger partial charge >= 0.3 is 6.09 Å². The van der Waals surface area contributed by atoms with Crippen molar-refractivity contribution in [2.24, 2.45) is 0 Å². The largest absolute Gasteiger partial charge is 0.444 e. The minimum atomic E-state index is -3.81. The molecule has 0 bridgehead atoms. The third-order valence-electron chi connectivity index (χ3n) is 3.73. The lowest BCUT2D eigenvalue weighted by Crippen LogP contribution is -2.43. The van der Waals surface area contributed by atoms with E-state index in [0.29, 0.717) is 11.4 Å². The minimum Gasteiger partial charge on any atom is -0.444 e. The average Bonchev–Trinajstić information content (AvgIpc) is 2.58. The van der Waals surface area contributed by atoms with Gasteiger partial charge in [0.15, 0.2) is 9.84 Å². The molecule has 7 heteroatoms. The summed E-state index contributed by atoms with van der Waals surface area (Å²) in [5.74, 6) is 0. The molecule has 0 heterocycles. The molecule has 146 valence electrons. The zero-order valence-electron chi connectivity index (χ0n) is 15.6. The molecule has 2 aromatic carbocycles. The van der Waals surface area contributed by atoms with Crippen LogP contribution in [0.25, 0.3) is 0 Å². The number of halogens is 1. The molecule has 0 fully saturated rings. The number of carbonyl (C=O) groups is 1. The molecule has 1 unspecified atom stereocenters. The van der Waals surface area contributed by atoms with Gasteiger partial charge in [0.25, 0.3) is 0 Å². The fourth-order valence-corrected chi connectivity index (χ4v) is 4.12. The molecular weight excluding hydrogens is 386 g/mol. The van der Waals surface area contributed by atoms with Crippen LogP contribution in [0.3, 0.4) is 0 Å². The Labute approximate surface area is 165 Å². The van der Waals surface area contributed by atoms with Crippen LogP contribution < -0.4 is 5.32 Å². The van der Waals surface area contributed by atoms with E-state index in [1.165, 1.54) is 24.3 Å². The van der Waals surface area contributed by atoms with Crippen LogP contribution in [0.4, 0.5) is 4.79 Å².